The molecule has 0 saturated heterocycles. The first-order chi connectivity index (χ1) is 13.0. The van der Waals surface area contributed by atoms with E-state index in [0.717, 1.165) is 0 Å². The summed E-state index contributed by atoms with van der Waals surface area (Å²) in [4.78, 5) is 21.8. The summed E-state index contributed by atoms with van der Waals surface area (Å²) in [5.74, 6) is 0.965. The molecule has 0 aliphatic rings. The Morgan fingerprint density at radius 3 is 2.44 bits per heavy atom. The van der Waals surface area contributed by atoms with Crippen LogP contribution in [0.1, 0.15) is 11.4 Å². The zero-order valence-corrected chi connectivity index (χ0v) is 14.1. The maximum absolute atomic E-state index is 11.8. The van der Waals surface area contributed by atoms with Gasteiger partial charge in [-0.3, -0.25) is 10.1 Å². The molecule has 0 amide bonds. The number of hydrogen-bond acceptors (Lipinski definition) is 9. The molecule has 0 aliphatic heterocycles. The van der Waals surface area contributed by atoms with Gasteiger partial charge in [-0.25, -0.2) is 4.79 Å². The maximum atomic E-state index is 11.8. The minimum absolute atomic E-state index is 0.0353. The van der Waals surface area contributed by atoms with Gasteiger partial charge in [-0.2, -0.15) is 0 Å². The Bertz CT molecular complexity index is 960. The predicted molar refractivity (Wildman–Crippen MR) is 91.7 cm³/mol. The van der Waals surface area contributed by atoms with Gasteiger partial charge in [0.2, 0.25) is 5.82 Å². The van der Waals surface area contributed by atoms with E-state index in [9.17, 15) is 14.9 Å². The second-order valence-electron chi connectivity index (χ2n) is 5.36. The molecule has 1 aromatic heterocycles. The third-order valence-electron chi connectivity index (χ3n) is 3.37. The van der Waals surface area contributed by atoms with Gasteiger partial charge in [0.05, 0.1) is 4.92 Å². The van der Waals surface area contributed by atoms with Crippen molar-refractivity contribution in [1.29, 1.82) is 0 Å². The van der Waals surface area contributed by atoms with Crippen LogP contribution in [0.5, 0.6) is 5.75 Å². The highest BCUT2D eigenvalue weighted by atomic mass is 16.7. The fourth-order valence-electron chi connectivity index (χ4n) is 2.10. The van der Waals surface area contributed by atoms with Gasteiger partial charge in [0.25, 0.3) is 5.69 Å². The third kappa shape index (κ3) is 4.78. The van der Waals surface area contributed by atoms with Gasteiger partial charge >= 0.3 is 6.16 Å². The number of hydrogen-bond donors (Lipinski definition) is 0. The van der Waals surface area contributed by atoms with E-state index in [0.29, 0.717) is 22.8 Å². The predicted octanol–water partition coefficient (Wildman–Crippen LogP) is 2.87. The van der Waals surface area contributed by atoms with Crippen molar-refractivity contribution in [2.75, 3.05) is 0 Å². The van der Waals surface area contributed by atoms with E-state index in [2.05, 4.69) is 20.4 Å². The van der Waals surface area contributed by atoms with Crippen molar-refractivity contribution in [3.8, 4) is 17.1 Å². The van der Waals surface area contributed by atoms with E-state index in [1.807, 2.05) is 0 Å². The van der Waals surface area contributed by atoms with E-state index >= 15 is 0 Å². The van der Waals surface area contributed by atoms with Crippen molar-refractivity contribution < 1.29 is 19.2 Å². The lowest BCUT2D eigenvalue weighted by Gasteiger charge is -2.07. The number of benzene rings is 2. The van der Waals surface area contributed by atoms with Gasteiger partial charge in [0, 0.05) is 17.7 Å². The van der Waals surface area contributed by atoms with Gasteiger partial charge in [-0.15, -0.1) is 20.4 Å². The Morgan fingerprint density at radius 2 is 1.78 bits per heavy atom. The number of carbonyl (C=O) groups excluding carboxylic acids is 1. The molecule has 136 valence electrons. The Labute approximate surface area is 152 Å². The molecule has 0 bridgehead atoms. The summed E-state index contributed by atoms with van der Waals surface area (Å²) in [6.45, 7) is 1.65. The summed E-state index contributed by atoms with van der Waals surface area (Å²) < 4.78 is 10.0. The third-order valence-corrected chi connectivity index (χ3v) is 3.37. The molecule has 0 radical (unpaired) electrons. The highest BCUT2D eigenvalue weighted by Crippen LogP contribution is 2.19. The number of nitro benzene ring substituents is 1. The Kier molecular flexibility index (Phi) is 5.26. The quantitative estimate of drug-likeness (QED) is 0.289. The van der Waals surface area contributed by atoms with Crippen LogP contribution in [0, 0.1) is 17.0 Å². The molecular weight excluding hydrogens is 354 g/mol. The van der Waals surface area contributed by atoms with Crippen molar-refractivity contribution in [2.24, 2.45) is 0 Å². The SMILES string of the molecule is Cc1nnc(-c2cccc(COC(=O)Oc3ccc([N+](=O)[O-])cc3)c2)nn1. The van der Waals surface area contributed by atoms with E-state index in [1.165, 1.54) is 24.3 Å². The molecule has 0 spiro atoms. The summed E-state index contributed by atoms with van der Waals surface area (Å²) in [6.07, 6.45) is -0.927. The van der Waals surface area contributed by atoms with Crippen LogP contribution in [0.25, 0.3) is 11.4 Å². The van der Waals surface area contributed by atoms with Crippen molar-refractivity contribution in [3.63, 3.8) is 0 Å². The molecule has 27 heavy (non-hydrogen) atoms. The molecule has 3 rings (SSSR count). The summed E-state index contributed by atoms with van der Waals surface area (Å²) in [5, 5.41) is 26.2. The van der Waals surface area contributed by atoms with Gasteiger partial charge in [0.1, 0.15) is 12.4 Å². The highest BCUT2D eigenvalue weighted by Gasteiger charge is 2.10. The summed E-state index contributed by atoms with van der Waals surface area (Å²) in [7, 11) is 0. The molecule has 1 heterocycles. The Balaban J connectivity index is 1.59. The molecule has 10 nitrogen and oxygen atoms in total. The monoisotopic (exact) mass is 367 g/mol. The molecule has 0 saturated carbocycles. The largest absolute Gasteiger partial charge is 0.514 e. The first kappa shape index (κ1) is 17.9. The number of aromatic nitrogens is 4. The zero-order valence-electron chi connectivity index (χ0n) is 14.1. The van der Waals surface area contributed by atoms with Crippen molar-refractivity contribution in [3.05, 3.63) is 70.0 Å². The number of ether oxygens (including phenoxy) is 2. The number of carbonyl (C=O) groups is 1. The van der Waals surface area contributed by atoms with Crippen LogP contribution in [-0.2, 0) is 11.3 Å². The lowest BCUT2D eigenvalue weighted by molar-refractivity contribution is -0.384. The highest BCUT2D eigenvalue weighted by molar-refractivity contribution is 5.64. The maximum Gasteiger partial charge on any atom is 0.514 e. The van der Waals surface area contributed by atoms with E-state index in [4.69, 9.17) is 9.47 Å². The molecular formula is C17H13N5O5. The topological polar surface area (TPSA) is 130 Å². The first-order valence-corrected chi connectivity index (χ1v) is 7.73. The summed E-state index contributed by atoms with van der Waals surface area (Å²) >= 11 is 0. The number of non-ortho nitro benzene ring substituents is 1. The number of rotatable bonds is 5. The standard InChI is InChI=1S/C17H13N5O5/c1-11-18-20-16(21-19-11)13-4-2-3-12(9-13)10-26-17(23)27-15-7-5-14(6-8-15)22(24)25/h2-9H,10H2,1H3. The van der Waals surface area contributed by atoms with Crippen LogP contribution in [0.2, 0.25) is 0 Å². The molecule has 3 aromatic rings. The van der Waals surface area contributed by atoms with Crippen molar-refractivity contribution in [1.82, 2.24) is 20.4 Å². The molecule has 10 heteroatoms. The van der Waals surface area contributed by atoms with Crippen LogP contribution < -0.4 is 4.74 Å². The van der Waals surface area contributed by atoms with Gasteiger partial charge in [-0.05, 0) is 30.7 Å². The fraction of sp³-hybridized carbons (Fsp3) is 0.118. The molecule has 0 atom stereocenters. The van der Waals surface area contributed by atoms with Crippen LogP contribution in [0.15, 0.2) is 48.5 Å². The van der Waals surface area contributed by atoms with E-state index in [-0.39, 0.29) is 18.0 Å². The van der Waals surface area contributed by atoms with Gasteiger partial charge < -0.3 is 9.47 Å². The number of nitro groups is 1. The van der Waals surface area contributed by atoms with E-state index in [1.54, 1.807) is 31.2 Å². The fourth-order valence-corrected chi connectivity index (χ4v) is 2.10. The van der Waals surface area contributed by atoms with Crippen LogP contribution in [-0.4, -0.2) is 31.5 Å². The van der Waals surface area contributed by atoms with Gasteiger partial charge in [0.15, 0.2) is 5.82 Å². The second-order valence-corrected chi connectivity index (χ2v) is 5.36. The molecule has 2 aromatic carbocycles. The van der Waals surface area contributed by atoms with Crippen molar-refractivity contribution in [2.45, 2.75) is 13.5 Å². The average molecular weight is 367 g/mol. The molecule has 0 aliphatic carbocycles. The second kappa shape index (κ2) is 7.95. The van der Waals surface area contributed by atoms with Gasteiger partial charge in [-0.1, -0.05) is 18.2 Å². The molecule has 0 N–H and O–H groups in total. The minimum atomic E-state index is -0.927. The molecule has 0 fully saturated rings. The molecule has 0 unspecified atom stereocenters. The average Bonchev–Trinajstić information content (AvgIpc) is 2.67. The van der Waals surface area contributed by atoms with E-state index < -0.39 is 11.1 Å². The summed E-state index contributed by atoms with van der Waals surface area (Å²) in [6, 6.07) is 12.1. The number of aryl methyl sites for hydroxylation is 1. The summed E-state index contributed by atoms with van der Waals surface area (Å²) in [5.41, 5.74) is 1.27. The van der Waals surface area contributed by atoms with Crippen LogP contribution in [0.4, 0.5) is 10.5 Å². The first-order valence-electron chi connectivity index (χ1n) is 7.73. The zero-order chi connectivity index (χ0) is 19.2. The van der Waals surface area contributed by atoms with Crippen molar-refractivity contribution >= 4 is 11.8 Å². The number of nitrogens with zero attached hydrogens (tertiary/aromatic N) is 5. The normalized spacial score (nSPS) is 10.3. The van der Waals surface area contributed by atoms with Crippen LogP contribution >= 0.6 is 0 Å². The Hall–Kier alpha value is -3.95. The van der Waals surface area contributed by atoms with Crippen LogP contribution in [0.3, 0.4) is 0 Å². The lowest BCUT2D eigenvalue weighted by atomic mass is 10.1. The Morgan fingerprint density at radius 1 is 1.07 bits per heavy atom. The smallest absolute Gasteiger partial charge is 0.429 e. The minimum Gasteiger partial charge on any atom is -0.429 e. The lowest BCUT2D eigenvalue weighted by Crippen LogP contribution is -2.10.